The maximum absolute atomic E-state index is 12.5. The Labute approximate surface area is 126 Å². The van der Waals surface area contributed by atoms with Gasteiger partial charge in [0.15, 0.2) is 0 Å². The molecule has 0 fully saturated rings. The summed E-state index contributed by atoms with van der Waals surface area (Å²) in [5.41, 5.74) is 7.34. The number of hydrogen-bond donors (Lipinski definition) is 2. The van der Waals surface area contributed by atoms with Crippen molar-refractivity contribution in [2.24, 2.45) is 0 Å². The number of carbonyl (C=O) groups is 1. The number of H-pyrrole nitrogens is 1. The van der Waals surface area contributed by atoms with Crippen molar-refractivity contribution in [3.8, 4) is 0 Å². The number of nitrogens with two attached hydrogens (primary N) is 1. The lowest BCUT2D eigenvalue weighted by atomic mass is 10.00. The van der Waals surface area contributed by atoms with Crippen molar-refractivity contribution in [2.75, 3.05) is 17.2 Å². The van der Waals surface area contributed by atoms with Crippen LogP contribution in [0.3, 0.4) is 0 Å². The fraction of sp³-hybridized carbons (Fsp3) is 0.267. The minimum absolute atomic E-state index is 0.121. The van der Waals surface area contributed by atoms with Crippen molar-refractivity contribution < 1.29 is 4.79 Å². The van der Waals surface area contributed by atoms with Crippen LogP contribution in [0.5, 0.6) is 0 Å². The lowest BCUT2D eigenvalue weighted by Crippen LogP contribution is -2.40. The van der Waals surface area contributed by atoms with Crippen LogP contribution in [0.15, 0.2) is 40.1 Å². The van der Waals surface area contributed by atoms with Crippen molar-refractivity contribution in [2.45, 2.75) is 19.4 Å². The average molecular weight is 300 g/mol. The van der Waals surface area contributed by atoms with Gasteiger partial charge in [0, 0.05) is 30.2 Å². The van der Waals surface area contributed by atoms with Crippen LogP contribution in [0, 0.1) is 0 Å². The van der Waals surface area contributed by atoms with Gasteiger partial charge in [-0.1, -0.05) is 6.07 Å². The topological polar surface area (TPSA) is 101 Å². The Kier molecular flexibility index (Phi) is 3.54. The highest BCUT2D eigenvalue weighted by molar-refractivity contribution is 5.95. The number of benzene rings is 1. The minimum Gasteiger partial charge on any atom is -0.398 e. The lowest BCUT2D eigenvalue weighted by molar-refractivity contribution is -0.119. The first-order valence-electron chi connectivity index (χ1n) is 7.04. The predicted molar refractivity (Wildman–Crippen MR) is 82.9 cm³/mol. The van der Waals surface area contributed by atoms with Crippen LogP contribution in [0.1, 0.15) is 12.0 Å². The van der Waals surface area contributed by atoms with Crippen LogP contribution >= 0.6 is 0 Å². The zero-order chi connectivity index (χ0) is 15.7. The molecule has 114 valence electrons. The van der Waals surface area contributed by atoms with Gasteiger partial charge in [-0.25, -0.2) is 4.79 Å². The van der Waals surface area contributed by atoms with Gasteiger partial charge in [0.2, 0.25) is 5.91 Å². The number of aromatic amines is 1. The molecule has 0 unspecified atom stereocenters. The predicted octanol–water partition coefficient (Wildman–Crippen LogP) is 0.0982. The third-order valence-electron chi connectivity index (χ3n) is 3.79. The van der Waals surface area contributed by atoms with Crippen LogP contribution in [0.2, 0.25) is 0 Å². The van der Waals surface area contributed by atoms with Crippen molar-refractivity contribution in [1.29, 1.82) is 0 Å². The molecule has 0 spiro atoms. The molecular weight excluding hydrogens is 284 g/mol. The molecule has 2 aromatic rings. The molecule has 0 saturated heterocycles. The summed E-state index contributed by atoms with van der Waals surface area (Å²) < 4.78 is 1.18. The molecule has 0 atom stereocenters. The Morgan fingerprint density at radius 1 is 1.27 bits per heavy atom. The second-order valence-corrected chi connectivity index (χ2v) is 5.23. The summed E-state index contributed by atoms with van der Waals surface area (Å²) in [4.78, 5) is 39.0. The molecular formula is C15H16N4O3. The molecule has 0 saturated carbocycles. The van der Waals surface area contributed by atoms with Crippen LogP contribution in [0.4, 0.5) is 11.4 Å². The fourth-order valence-corrected chi connectivity index (χ4v) is 2.71. The molecule has 1 aromatic heterocycles. The number of nitrogens with one attached hydrogen (secondary N) is 1. The number of hydrogen-bond acceptors (Lipinski definition) is 4. The average Bonchev–Trinajstić information content (AvgIpc) is 2.50. The number of rotatable bonds is 2. The van der Waals surface area contributed by atoms with Gasteiger partial charge in [0.25, 0.3) is 5.56 Å². The van der Waals surface area contributed by atoms with Crippen molar-refractivity contribution in [3.63, 3.8) is 0 Å². The summed E-state index contributed by atoms with van der Waals surface area (Å²) in [5, 5.41) is 0. The van der Waals surface area contributed by atoms with E-state index in [-0.39, 0.29) is 12.5 Å². The van der Waals surface area contributed by atoms with Gasteiger partial charge in [0.05, 0.1) is 0 Å². The summed E-state index contributed by atoms with van der Waals surface area (Å²) in [5.74, 6) is -0.208. The van der Waals surface area contributed by atoms with Gasteiger partial charge in [-0.3, -0.25) is 19.1 Å². The molecule has 0 aliphatic carbocycles. The summed E-state index contributed by atoms with van der Waals surface area (Å²) >= 11 is 0. The Bertz CT molecular complexity index is 837. The highest BCUT2D eigenvalue weighted by Crippen LogP contribution is 2.31. The van der Waals surface area contributed by atoms with Gasteiger partial charge in [-0.05, 0) is 30.5 Å². The summed E-state index contributed by atoms with van der Waals surface area (Å²) in [6.45, 7) is 0.469. The molecule has 1 amide bonds. The van der Waals surface area contributed by atoms with Gasteiger partial charge < -0.3 is 10.6 Å². The van der Waals surface area contributed by atoms with E-state index in [4.69, 9.17) is 5.73 Å². The smallest absolute Gasteiger partial charge is 0.328 e. The summed E-state index contributed by atoms with van der Waals surface area (Å²) in [6, 6.07) is 6.71. The molecule has 3 rings (SSSR count). The Hall–Kier alpha value is -2.83. The molecule has 0 radical (unpaired) electrons. The monoisotopic (exact) mass is 300 g/mol. The zero-order valence-corrected chi connectivity index (χ0v) is 11.9. The largest absolute Gasteiger partial charge is 0.398 e. The highest BCUT2D eigenvalue weighted by atomic mass is 16.2. The lowest BCUT2D eigenvalue weighted by Gasteiger charge is -2.30. The number of aromatic nitrogens is 2. The van der Waals surface area contributed by atoms with Crippen LogP contribution in [-0.2, 0) is 17.8 Å². The number of nitrogens with zero attached hydrogens (tertiary/aromatic N) is 2. The first kappa shape index (κ1) is 14.1. The second-order valence-electron chi connectivity index (χ2n) is 5.23. The normalized spacial score (nSPS) is 13.7. The van der Waals surface area contributed by atoms with E-state index in [1.54, 1.807) is 4.90 Å². The van der Waals surface area contributed by atoms with Gasteiger partial charge in [0.1, 0.15) is 6.54 Å². The first-order chi connectivity index (χ1) is 10.6. The Morgan fingerprint density at radius 3 is 2.86 bits per heavy atom. The molecule has 3 N–H and O–H groups in total. The molecule has 1 aliphatic heterocycles. The molecule has 1 aromatic carbocycles. The SMILES string of the molecule is Nc1cccc2c1CCCN2C(=O)Cn1ccc(=O)[nH]c1=O. The highest BCUT2D eigenvalue weighted by Gasteiger charge is 2.23. The van der Waals surface area contributed by atoms with E-state index in [0.29, 0.717) is 12.2 Å². The fourth-order valence-electron chi connectivity index (χ4n) is 2.71. The van der Waals surface area contributed by atoms with Crippen molar-refractivity contribution >= 4 is 17.3 Å². The summed E-state index contributed by atoms with van der Waals surface area (Å²) in [6.07, 6.45) is 2.99. The quantitative estimate of drug-likeness (QED) is 0.768. The van der Waals surface area contributed by atoms with Crippen LogP contribution in [0.25, 0.3) is 0 Å². The number of fused-ring (bicyclic) bond motifs is 1. The van der Waals surface area contributed by atoms with E-state index in [9.17, 15) is 14.4 Å². The minimum atomic E-state index is -0.592. The molecule has 2 heterocycles. The van der Waals surface area contributed by atoms with Gasteiger partial charge in [-0.2, -0.15) is 0 Å². The van der Waals surface area contributed by atoms with Crippen LogP contribution < -0.4 is 21.9 Å². The first-order valence-corrected chi connectivity index (χ1v) is 7.04. The number of carbonyl (C=O) groups excluding carboxylic acids is 1. The van der Waals surface area contributed by atoms with Crippen LogP contribution in [-0.4, -0.2) is 22.0 Å². The van der Waals surface area contributed by atoms with Crippen molar-refractivity contribution in [1.82, 2.24) is 9.55 Å². The Morgan fingerprint density at radius 2 is 2.09 bits per heavy atom. The Balaban J connectivity index is 1.90. The maximum Gasteiger partial charge on any atom is 0.328 e. The van der Waals surface area contributed by atoms with E-state index in [2.05, 4.69) is 4.98 Å². The summed E-state index contributed by atoms with van der Waals surface area (Å²) in [7, 11) is 0. The second kappa shape index (κ2) is 5.51. The van der Waals surface area contributed by atoms with E-state index >= 15 is 0 Å². The standard InChI is InChI=1S/C15H16N4O3/c16-11-4-1-5-12-10(11)3-2-7-19(12)14(21)9-18-8-6-13(20)17-15(18)22/h1,4-6,8H,2-3,7,9,16H2,(H,17,20,22). The number of anilines is 2. The van der Waals surface area contributed by atoms with Crippen molar-refractivity contribution in [3.05, 3.63) is 56.9 Å². The van der Waals surface area contributed by atoms with E-state index in [1.165, 1.54) is 16.8 Å². The molecule has 22 heavy (non-hydrogen) atoms. The maximum atomic E-state index is 12.5. The molecule has 0 bridgehead atoms. The third-order valence-corrected chi connectivity index (χ3v) is 3.79. The van der Waals surface area contributed by atoms with Gasteiger partial charge in [-0.15, -0.1) is 0 Å². The number of amides is 1. The van der Waals surface area contributed by atoms with E-state index in [1.807, 2.05) is 18.2 Å². The third kappa shape index (κ3) is 2.52. The van der Waals surface area contributed by atoms with E-state index in [0.717, 1.165) is 24.1 Å². The number of nitrogen functional groups attached to an aromatic ring is 1. The van der Waals surface area contributed by atoms with E-state index < -0.39 is 11.2 Å². The molecule has 7 nitrogen and oxygen atoms in total. The molecule has 7 heteroatoms. The zero-order valence-electron chi connectivity index (χ0n) is 11.9. The van der Waals surface area contributed by atoms with Gasteiger partial charge >= 0.3 is 5.69 Å². The molecule has 1 aliphatic rings.